The number of hydrogen-bond acceptors (Lipinski definition) is 3. The second-order valence-electron chi connectivity index (χ2n) is 6.78. The van der Waals surface area contributed by atoms with E-state index in [4.69, 9.17) is 6.57 Å². The summed E-state index contributed by atoms with van der Waals surface area (Å²) in [6.45, 7) is 13.6. The summed E-state index contributed by atoms with van der Waals surface area (Å²) in [7, 11) is 0. The van der Waals surface area contributed by atoms with Crippen molar-refractivity contribution in [2.75, 3.05) is 0 Å². The van der Waals surface area contributed by atoms with Gasteiger partial charge in [0.05, 0.1) is 11.6 Å². The largest absolute Gasteiger partial charge is 0.306 e. The Kier molecular flexibility index (Phi) is 4.37. The van der Waals surface area contributed by atoms with Crippen molar-refractivity contribution in [2.45, 2.75) is 32.7 Å². The van der Waals surface area contributed by atoms with E-state index >= 15 is 0 Å². The van der Waals surface area contributed by atoms with E-state index in [2.05, 4.69) is 14.8 Å². The third kappa shape index (κ3) is 2.87. The van der Waals surface area contributed by atoms with Crippen LogP contribution in [0.25, 0.3) is 21.2 Å². The van der Waals surface area contributed by atoms with Crippen molar-refractivity contribution in [3.63, 3.8) is 0 Å². The van der Waals surface area contributed by atoms with Gasteiger partial charge in [-0.15, -0.1) is 11.3 Å². The number of allylic oxidation sites excluding steroid dienone is 1. The van der Waals surface area contributed by atoms with Crippen molar-refractivity contribution in [3.05, 3.63) is 81.0 Å². The average Bonchev–Trinajstić information content (AvgIpc) is 3.08. The first-order chi connectivity index (χ1) is 13.0. The molecule has 0 bridgehead atoms. The van der Waals surface area contributed by atoms with Crippen LogP contribution in [0.4, 0.5) is 4.39 Å². The topological polar surface area (TPSA) is 29.6 Å². The molecule has 3 aromatic rings. The number of benzene rings is 2. The number of aliphatic imine (C=N–C) groups is 1. The lowest BCUT2D eigenvalue weighted by molar-refractivity contribution is 0.639. The zero-order valence-electron chi connectivity index (χ0n) is 15.3. The Labute approximate surface area is 161 Å². The first kappa shape index (κ1) is 17.6. The molecule has 0 N–H and O–H groups in total. The molecule has 3 nitrogen and oxygen atoms in total. The van der Waals surface area contributed by atoms with Gasteiger partial charge in [-0.1, -0.05) is 30.3 Å². The van der Waals surface area contributed by atoms with Crippen LogP contribution >= 0.6 is 11.3 Å². The molecule has 0 fully saturated rings. The van der Waals surface area contributed by atoms with E-state index in [0.29, 0.717) is 5.39 Å². The normalized spacial score (nSPS) is 19.9. The summed E-state index contributed by atoms with van der Waals surface area (Å²) >= 11 is 1.57. The van der Waals surface area contributed by atoms with Crippen LogP contribution < -0.4 is 0 Å². The molecule has 1 aromatic heterocycles. The lowest BCUT2D eigenvalue weighted by atomic mass is 9.78. The molecule has 4 rings (SSSR count). The Morgan fingerprint density at radius 1 is 1.07 bits per heavy atom. The van der Waals surface area contributed by atoms with Crippen LogP contribution in [0.1, 0.15) is 36.0 Å². The monoisotopic (exact) mass is 375 g/mol. The Bertz CT molecular complexity index is 1150. The smallest absolute Gasteiger partial charge is 0.272 e. The fourth-order valence-corrected chi connectivity index (χ4v) is 4.76. The summed E-state index contributed by atoms with van der Waals surface area (Å²) in [5.41, 5.74) is 4.53. The maximum Gasteiger partial charge on any atom is 0.272 e. The SMILES string of the molecule is [C-]#[N+]C1C(C)=NC(C)=C(c2nc(C)cs2)C1c1ccc(F)c2ccccc12. The Hall–Kier alpha value is -2.84. The lowest BCUT2D eigenvalue weighted by Gasteiger charge is -2.27. The molecule has 2 atom stereocenters. The standard InChI is InChI=1S/C22H18FN3S/c1-12-11-27-22(25-12)19-13(2)26-14(3)21(24-4)20(19)17-9-10-18(23)16-8-6-5-7-15(16)17/h5-11,20-21H,1-3H3. The molecule has 0 radical (unpaired) electrons. The highest BCUT2D eigenvalue weighted by atomic mass is 32.1. The zero-order valence-corrected chi connectivity index (χ0v) is 16.1. The van der Waals surface area contributed by atoms with E-state index in [0.717, 1.165) is 38.6 Å². The van der Waals surface area contributed by atoms with E-state index in [-0.39, 0.29) is 11.7 Å². The van der Waals surface area contributed by atoms with Crippen LogP contribution in [0.3, 0.4) is 0 Å². The van der Waals surface area contributed by atoms with E-state index < -0.39 is 6.04 Å². The van der Waals surface area contributed by atoms with E-state index in [1.165, 1.54) is 6.07 Å². The summed E-state index contributed by atoms with van der Waals surface area (Å²) in [6, 6.07) is 10.3. The molecule has 0 saturated carbocycles. The molecular formula is C22H18FN3S. The van der Waals surface area contributed by atoms with Crippen molar-refractivity contribution in [1.29, 1.82) is 0 Å². The minimum Gasteiger partial charge on any atom is -0.306 e. The van der Waals surface area contributed by atoms with Gasteiger partial charge >= 0.3 is 0 Å². The number of hydrogen-bond donors (Lipinski definition) is 0. The molecule has 1 aliphatic rings. The molecule has 0 saturated heterocycles. The van der Waals surface area contributed by atoms with Gasteiger partial charge in [0, 0.05) is 27.7 Å². The second kappa shape index (κ2) is 6.71. The number of aryl methyl sites for hydroxylation is 1. The van der Waals surface area contributed by atoms with Gasteiger partial charge < -0.3 is 4.85 Å². The predicted octanol–water partition coefficient (Wildman–Crippen LogP) is 6.02. The van der Waals surface area contributed by atoms with Crippen LogP contribution in [0.5, 0.6) is 0 Å². The third-order valence-electron chi connectivity index (χ3n) is 5.02. The highest BCUT2D eigenvalue weighted by Gasteiger charge is 2.40. The van der Waals surface area contributed by atoms with Gasteiger partial charge in [-0.2, -0.15) is 0 Å². The van der Waals surface area contributed by atoms with Gasteiger partial charge in [-0.25, -0.2) is 15.9 Å². The van der Waals surface area contributed by atoms with Crippen LogP contribution in [0, 0.1) is 19.3 Å². The van der Waals surface area contributed by atoms with E-state index in [1.807, 2.05) is 50.4 Å². The molecule has 0 spiro atoms. The van der Waals surface area contributed by atoms with Crippen molar-refractivity contribution in [2.24, 2.45) is 4.99 Å². The third-order valence-corrected chi connectivity index (χ3v) is 6.01. The summed E-state index contributed by atoms with van der Waals surface area (Å²) in [4.78, 5) is 13.2. The first-order valence-electron chi connectivity index (χ1n) is 8.73. The van der Waals surface area contributed by atoms with Crippen molar-refractivity contribution < 1.29 is 4.39 Å². The van der Waals surface area contributed by atoms with Gasteiger partial charge in [0.15, 0.2) is 0 Å². The molecule has 2 aromatic carbocycles. The fraction of sp³-hybridized carbons (Fsp3) is 0.227. The fourth-order valence-electron chi connectivity index (χ4n) is 3.83. The molecular weight excluding hydrogens is 357 g/mol. The highest BCUT2D eigenvalue weighted by Crippen LogP contribution is 2.45. The molecule has 0 aliphatic carbocycles. The minimum absolute atomic E-state index is 0.226. The van der Waals surface area contributed by atoms with Crippen LogP contribution in [-0.4, -0.2) is 16.7 Å². The molecule has 1 aliphatic heterocycles. The zero-order chi connectivity index (χ0) is 19.1. The van der Waals surface area contributed by atoms with E-state index in [9.17, 15) is 4.39 Å². The number of nitrogens with zero attached hydrogens (tertiary/aromatic N) is 3. The van der Waals surface area contributed by atoms with Crippen LogP contribution in [-0.2, 0) is 0 Å². The Morgan fingerprint density at radius 2 is 1.81 bits per heavy atom. The number of aromatic nitrogens is 1. The number of rotatable bonds is 2. The molecule has 2 heterocycles. The summed E-state index contributed by atoms with van der Waals surface area (Å²) < 4.78 is 14.4. The number of halogens is 1. The predicted molar refractivity (Wildman–Crippen MR) is 110 cm³/mol. The van der Waals surface area contributed by atoms with Gasteiger partial charge in [0.25, 0.3) is 6.04 Å². The summed E-state index contributed by atoms with van der Waals surface area (Å²) in [5.74, 6) is -0.474. The highest BCUT2D eigenvalue weighted by molar-refractivity contribution is 7.10. The summed E-state index contributed by atoms with van der Waals surface area (Å²) in [6.07, 6.45) is 0. The molecule has 134 valence electrons. The molecule has 5 heteroatoms. The Balaban J connectivity index is 2.03. The number of fused-ring (bicyclic) bond motifs is 1. The second-order valence-corrected chi connectivity index (χ2v) is 7.64. The van der Waals surface area contributed by atoms with Gasteiger partial charge in [-0.05, 0) is 37.8 Å². The van der Waals surface area contributed by atoms with Crippen molar-refractivity contribution in [1.82, 2.24) is 4.98 Å². The maximum atomic E-state index is 14.4. The van der Waals surface area contributed by atoms with Crippen LogP contribution in [0.15, 0.2) is 52.5 Å². The molecule has 2 unspecified atom stereocenters. The Morgan fingerprint density at radius 3 is 2.48 bits per heavy atom. The van der Waals surface area contributed by atoms with Gasteiger partial charge in [0.1, 0.15) is 10.8 Å². The first-order valence-corrected chi connectivity index (χ1v) is 9.61. The lowest BCUT2D eigenvalue weighted by Crippen LogP contribution is -2.28. The molecule has 0 amide bonds. The van der Waals surface area contributed by atoms with Crippen LogP contribution in [0.2, 0.25) is 0 Å². The van der Waals surface area contributed by atoms with E-state index in [1.54, 1.807) is 17.4 Å². The average molecular weight is 375 g/mol. The molecule has 27 heavy (non-hydrogen) atoms. The van der Waals surface area contributed by atoms with Crippen molar-refractivity contribution in [3.8, 4) is 0 Å². The van der Waals surface area contributed by atoms with Gasteiger partial charge in [0.2, 0.25) is 0 Å². The summed E-state index contributed by atoms with van der Waals surface area (Å²) in [5, 5.41) is 4.30. The van der Waals surface area contributed by atoms with Gasteiger partial charge in [-0.3, -0.25) is 4.99 Å². The maximum absolute atomic E-state index is 14.4. The number of thiazole rings is 1. The quantitative estimate of drug-likeness (QED) is 0.504. The van der Waals surface area contributed by atoms with Crippen molar-refractivity contribution >= 4 is 33.4 Å². The minimum atomic E-state index is -0.429.